The third kappa shape index (κ3) is 2.28. The lowest BCUT2D eigenvalue weighted by molar-refractivity contribution is -0.149. The van der Waals surface area contributed by atoms with Crippen LogP contribution in [0, 0.1) is 11.8 Å². The molecule has 2 fully saturated rings. The highest BCUT2D eigenvalue weighted by molar-refractivity contribution is 5.66. The Morgan fingerprint density at radius 1 is 1.07 bits per heavy atom. The number of ether oxygens (including phenoxy) is 1. The molecule has 0 aromatic carbocycles. The van der Waals surface area contributed by atoms with Crippen molar-refractivity contribution >= 4 is 5.97 Å². The third-order valence-corrected chi connectivity index (χ3v) is 3.82. The average molecular weight is 196 g/mol. The van der Waals surface area contributed by atoms with Gasteiger partial charge in [-0.15, -0.1) is 0 Å². The molecule has 0 heterocycles. The fourth-order valence-corrected chi connectivity index (χ4v) is 3.17. The van der Waals surface area contributed by atoms with Gasteiger partial charge in [-0.25, -0.2) is 0 Å². The normalized spacial score (nSPS) is 37.4. The molecule has 2 aliphatic rings. The first kappa shape index (κ1) is 10.0. The molecular weight excluding hydrogens is 176 g/mol. The van der Waals surface area contributed by atoms with Gasteiger partial charge in [0.15, 0.2) is 0 Å². The van der Waals surface area contributed by atoms with Crippen molar-refractivity contribution in [1.82, 2.24) is 0 Å². The van der Waals surface area contributed by atoms with E-state index in [1.165, 1.54) is 39.0 Å². The second-order valence-electron chi connectivity index (χ2n) is 4.85. The molecule has 0 radical (unpaired) electrons. The van der Waals surface area contributed by atoms with E-state index in [-0.39, 0.29) is 12.1 Å². The van der Waals surface area contributed by atoms with Crippen molar-refractivity contribution in [2.75, 3.05) is 0 Å². The van der Waals surface area contributed by atoms with Crippen LogP contribution in [-0.4, -0.2) is 12.1 Å². The van der Waals surface area contributed by atoms with Crippen LogP contribution in [0.1, 0.15) is 51.9 Å². The molecule has 2 saturated carbocycles. The molecular formula is C12H20O2. The van der Waals surface area contributed by atoms with Gasteiger partial charge in [0, 0.05) is 6.92 Å². The smallest absolute Gasteiger partial charge is 0.302 e. The van der Waals surface area contributed by atoms with Crippen LogP contribution in [0.5, 0.6) is 0 Å². The number of hydrogen-bond donors (Lipinski definition) is 0. The van der Waals surface area contributed by atoms with Crippen molar-refractivity contribution in [3.63, 3.8) is 0 Å². The Morgan fingerprint density at radius 3 is 2.50 bits per heavy atom. The molecule has 14 heavy (non-hydrogen) atoms. The van der Waals surface area contributed by atoms with E-state index in [1.54, 1.807) is 0 Å². The maximum absolute atomic E-state index is 10.8. The minimum absolute atomic E-state index is 0.107. The van der Waals surface area contributed by atoms with E-state index in [0.717, 1.165) is 24.7 Å². The van der Waals surface area contributed by atoms with E-state index in [1.807, 2.05) is 0 Å². The fraction of sp³-hybridized carbons (Fsp3) is 0.917. The summed E-state index contributed by atoms with van der Waals surface area (Å²) in [4.78, 5) is 10.8. The predicted octanol–water partition coefficient (Wildman–Crippen LogP) is 2.91. The summed E-state index contributed by atoms with van der Waals surface area (Å²) in [5.74, 6) is 1.68. The first-order chi connectivity index (χ1) is 6.75. The molecule has 2 heteroatoms. The number of esters is 1. The maximum Gasteiger partial charge on any atom is 0.302 e. The van der Waals surface area contributed by atoms with Crippen molar-refractivity contribution in [1.29, 1.82) is 0 Å². The van der Waals surface area contributed by atoms with Crippen LogP contribution in [0.25, 0.3) is 0 Å². The van der Waals surface area contributed by atoms with Gasteiger partial charge in [-0.1, -0.05) is 25.7 Å². The molecule has 0 aliphatic heterocycles. The Labute approximate surface area is 86.0 Å². The molecule has 2 aliphatic carbocycles. The largest absolute Gasteiger partial charge is 0.463 e. The summed E-state index contributed by atoms with van der Waals surface area (Å²) < 4.78 is 5.30. The van der Waals surface area contributed by atoms with Crippen LogP contribution in [-0.2, 0) is 9.53 Å². The number of fused-ring (bicyclic) bond motifs is 1. The highest BCUT2D eigenvalue weighted by Crippen LogP contribution is 2.41. The van der Waals surface area contributed by atoms with E-state index < -0.39 is 0 Å². The summed E-state index contributed by atoms with van der Waals surface area (Å²) in [6, 6.07) is 0. The van der Waals surface area contributed by atoms with E-state index in [2.05, 4.69) is 0 Å². The lowest BCUT2D eigenvalue weighted by atomic mass is 9.70. The summed E-state index contributed by atoms with van der Waals surface area (Å²) in [5, 5.41) is 0. The van der Waals surface area contributed by atoms with Gasteiger partial charge in [0.1, 0.15) is 6.10 Å². The Morgan fingerprint density at radius 2 is 1.79 bits per heavy atom. The first-order valence-corrected chi connectivity index (χ1v) is 5.93. The van der Waals surface area contributed by atoms with Gasteiger partial charge in [0.25, 0.3) is 0 Å². The van der Waals surface area contributed by atoms with Crippen LogP contribution in [0.2, 0.25) is 0 Å². The predicted molar refractivity (Wildman–Crippen MR) is 54.9 cm³/mol. The maximum atomic E-state index is 10.8. The Bertz CT molecular complexity index is 212. The van der Waals surface area contributed by atoms with Gasteiger partial charge in [-0.2, -0.15) is 0 Å². The standard InChI is InChI=1S/C12H20O2/c1-9(13)14-12-7-6-10-4-2-3-5-11(10)8-12/h10-12H,2-8H2,1H3/t10-,11-,12-/m0/s1. The number of hydrogen-bond acceptors (Lipinski definition) is 2. The second-order valence-corrected chi connectivity index (χ2v) is 4.85. The Hall–Kier alpha value is -0.530. The van der Waals surface area contributed by atoms with E-state index in [9.17, 15) is 4.79 Å². The van der Waals surface area contributed by atoms with Crippen LogP contribution < -0.4 is 0 Å². The van der Waals surface area contributed by atoms with Crippen molar-refractivity contribution in [3.8, 4) is 0 Å². The van der Waals surface area contributed by atoms with E-state index >= 15 is 0 Å². The minimum Gasteiger partial charge on any atom is -0.463 e. The third-order valence-electron chi connectivity index (χ3n) is 3.82. The summed E-state index contributed by atoms with van der Waals surface area (Å²) in [5.41, 5.74) is 0. The van der Waals surface area contributed by atoms with Gasteiger partial charge >= 0.3 is 5.97 Å². The zero-order valence-corrected chi connectivity index (χ0v) is 9.00. The zero-order valence-electron chi connectivity index (χ0n) is 9.00. The summed E-state index contributed by atoms with van der Waals surface area (Å²) >= 11 is 0. The second kappa shape index (κ2) is 4.33. The van der Waals surface area contributed by atoms with Gasteiger partial charge in [0.05, 0.1) is 0 Å². The zero-order chi connectivity index (χ0) is 9.97. The summed E-state index contributed by atoms with van der Waals surface area (Å²) in [6.07, 6.45) is 9.31. The topological polar surface area (TPSA) is 26.3 Å². The van der Waals surface area contributed by atoms with Crippen LogP contribution in [0.3, 0.4) is 0 Å². The quantitative estimate of drug-likeness (QED) is 0.603. The van der Waals surface area contributed by atoms with Crippen molar-refractivity contribution in [3.05, 3.63) is 0 Å². The molecule has 0 spiro atoms. The average Bonchev–Trinajstić information content (AvgIpc) is 2.17. The monoisotopic (exact) mass is 196 g/mol. The first-order valence-electron chi connectivity index (χ1n) is 5.93. The number of carbonyl (C=O) groups is 1. The van der Waals surface area contributed by atoms with E-state index in [4.69, 9.17) is 4.74 Å². The Kier molecular flexibility index (Phi) is 3.09. The molecule has 0 aromatic rings. The SMILES string of the molecule is CC(=O)O[C@H]1CC[C@@H]2CCCC[C@H]2C1. The molecule has 0 unspecified atom stereocenters. The van der Waals surface area contributed by atoms with Gasteiger partial charge in [0.2, 0.25) is 0 Å². The van der Waals surface area contributed by atoms with Crippen LogP contribution in [0.15, 0.2) is 0 Å². The van der Waals surface area contributed by atoms with E-state index in [0.29, 0.717) is 0 Å². The van der Waals surface area contributed by atoms with Gasteiger partial charge in [-0.05, 0) is 31.1 Å². The molecule has 0 aromatic heterocycles. The van der Waals surface area contributed by atoms with Crippen LogP contribution >= 0.6 is 0 Å². The fourth-order valence-electron chi connectivity index (χ4n) is 3.17. The number of carbonyl (C=O) groups excluding carboxylic acids is 1. The number of rotatable bonds is 1. The molecule has 0 N–H and O–H groups in total. The molecule has 0 amide bonds. The Balaban J connectivity index is 1.86. The summed E-state index contributed by atoms with van der Waals surface area (Å²) in [7, 11) is 0. The highest BCUT2D eigenvalue weighted by atomic mass is 16.5. The highest BCUT2D eigenvalue weighted by Gasteiger charge is 2.33. The van der Waals surface area contributed by atoms with Crippen molar-refractivity contribution in [2.24, 2.45) is 11.8 Å². The van der Waals surface area contributed by atoms with Gasteiger partial charge in [-0.3, -0.25) is 4.79 Å². The molecule has 0 saturated heterocycles. The molecule has 0 bridgehead atoms. The lowest BCUT2D eigenvalue weighted by Gasteiger charge is -2.38. The molecule has 3 atom stereocenters. The molecule has 80 valence electrons. The molecule has 2 rings (SSSR count). The van der Waals surface area contributed by atoms with Gasteiger partial charge < -0.3 is 4.74 Å². The van der Waals surface area contributed by atoms with Crippen LogP contribution in [0.4, 0.5) is 0 Å². The molecule has 2 nitrogen and oxygen atoms in total. The lowest BCUT2D eigenvalue weighted by Crippen LogP contribution is -2.32. The van der Waals surface area contributed by atoms with Crippen molar-refractivity contribution < 1.29 is 9.53 Å². The van der Waals surface area contributed by atoms with Crippen molar-refractivity contribution in [2.45, 2.75) is 58.0 Å². The minimum atomic E-state index is -0.107. The summed E-state index contributed by atoms with van der Waals surface area (Å²) in [6.45, 7) is 1.52.